The minimum Gasteiger partial charge on any atom is -0.363 e. The van der Waals surface area contributed by atoms with Crippen molar-refractivity contribution in [2.45, 2.75) is 44.9 Å². The van der Waals surface area contributed by atoms with E-state index < -0.39 is 0 Å². The number of nitrogens with one attached hydrogen (secondary N) is 1. The van der Waals surface area contributed by atoms with Crippen molar-refractivity contribution in [1.82, 2.24) is 20.6 Å². The second-order valence-corrected chi connectivity index (χ2v) is 5.23. The lowest BCUT2D eigenvalue weighted by molar-refractivity contribution is 0.0947. The van der Waals surface area contributed by atoms with E-state index in [1.54, 1.807) is 0 Å². The SMILES string of the molecule is CCNC(=O)c1nocc1-c1noc(C2CCCCC2)n1. The van der Waals surface area contributed by atoms with Gasteiger partial charge in [0.05, 0.1) is 5.56 Å². The summed E-state index contributed by atoms with van der Waals surface area (Å²) in [7, 11) is 0. The first-order valence-electron chi connectivity index (χ1n) is 7.36. The first kappa shape index (κ1) is 13.8. The molecule has 1 saturated carbocycles. The summed E-state index contributed by atoms with van der Waals surface area (Å²) in [5.41, 5.74) is 0.652. The highest BCUT2D eigenvalue weighted by Crippen LogP contribution is 2.32. The molecule has 112 valence electrons. The van der Waals surface area contributed by atoms with Crippen molar-refractivity contribution in [2.24, 2.45) is 0 Å². The Kier molecular flexibility index (Phi) is 3.98. The molecular formula is C14H18N4O3. The molecule has 7 nitrogen and oxygen atoms in total. The van der Waals surface area contributed by atoms with Crippen LogP contribution in [0.2, 0.25) is 0 Å². The fourth-order valence-electron chi connectivity index (χ4n) is 2.66. The molecule has 0 aliphatic heterocycles. The fourth-order valence-corrected chi connectivity index (χ4v) is 2.66. The Morgan fingerprint density at radius 1 is 1.33 bits per heavy atom. The summed E-state index contributed by atoms with van der Waals surface area (Å²) in [5.74, 6) is 1.03. The maximum absolute atomic E-state index is 11.9. The fraction of sp³-hybridized carbons (Fsp3) is 0.571. The molecule has 0 saturated heterocycles. The molecule has 1 amide bonds. The van der Waals surface area contributed by atoms with E-state index in [9.17, 15) is 4.79 Å². The van der Waals surface area contributed by atoms with Gasteiger partial charge in [-0.05, 0) is 19.8 Å². The molecule has 3 rings (SSSR count). The first-order valence-corrected chi connectivity index (χ1v) is 7.36. The largest absolute Gasteiger partial charge is 0.363 e. The van der Waals surface area contributed by atoms with Gasteiger partial charge in [-0.15, -0.1) is 0 Å². The summed E-state index contributed by atoms with van der Waals surface area (Å²) < 4.78 is 10.3. The zero-order valence-electron chi connectivity index (χ0n) is 12.0. The predicted octanol–water partition coefficient (Wildman–Crippen LogP) is 2.52. The van der Waals surface area contributed by atoms with Crippen LogP contribution >= 0.6 is 0 Å². The number of aromatic nitrogens is 3. The third kappa shape index (κ3) is 2.81. The van der Waals surface area contributed by atoms with Gasteiger partial charge in [-0.25, -0.2) is 0 Å². The van der Waals surface area contributed by atoms with Gasteiger partial charge in [0.1, 0.15) is 6.26 Å². The van der Waals surface area contributed by atoms with E-state index in [0.717, 1.165) is 12.8 Å². The van der Waals surface area contributed by atoms with Gasteiger partial charge in [0.15, 0.2) is 5.69 Å². The highest BCUT2D eigenvalue weighted by molar-refractivity contribution is 5.97. The predicted molar refractivity (Wildman–Crippen MR) is 73.6 cm³/mol. The second-order valence-electron chi connectivity index (χ2n) is 5.23. The molecular weight excluding hydrogens is 272 g/mol. The lowest BCUT2D eigenvalue weighted by Gasteiger charge is -2.17. The number of hydrogen-bond donors (Lipinski definition) is 1. The molecule has 0 bridgehead atoms. The van der Waals surface area contributed by atoms with Crippen molar-refractivity contribution in [3.63, 3.8) is 0 Å². The van der Waals surface area contributed by atoms with Crippen LogP contribution in [0.1, 0.15) is 61.3 Å². The molecule has 0 atom stereocenters. The monoisotopic (exact) mass is 290 g/mol. The summed E-state index contributed by atoms with van der Waals surface area (Å²) >= 11 is 0. The molecule has 21 heavy (non-hydrogen) atoms. The number of hydrogen-bond acceptors (Lipinski definition) is 6. The third-order valence-electron chi connectivity index (χ3n) is 3.76. The molecule has 1 N–H and O–H groups in total. The Morgan fingerprint density at radius 3 is 2.90 bits per heavy atom. The number of nitrogens with zero attached hydrogens (tertiary/aromatic N) is 3. The van der Waals surface area contributed by atoms with Crippen molar-refractivity contribution < 1.29 is 13.8 Å². The molecule has 2 aromatic heterocycles. The first-order chi connectivity index (χ1) is 10.3. The van der Waals surface area contributed by atoms with Crippen LogP contribution in [0.15, 0.2) is 15.3 Å². The van der Waals surface area contributed by atoms with Crippen molar-refractivity contribution >= 4 is 5.91 Å². The average Bonchev–Trinajstić information content (AvgIpc) is 3.17. The summed E-state index contributed by atoms with van der Waals surface area (Å²) in [4.78, 5) is 16.3. The van der Waals surface area contributed by atoms with Crippen LogP contribution in [0, 0.1) is 0 Å². The number of rotatable bonds is 4. The summed E-state index contributed by atoms with van der Waals surface area (Å²) in [6.07, 6.45) is 7.19. The van der Waals surface area contributed by atoms with Gasteiger partial charge in [0.25, 0.3) is 5.91 Å². The Hall–Kier alpha value is -2.18. The van der Waals surface area contributed by atoms with E-state index in [1.165, 1.54) is 25.5 Å². The van der Waals surface area contributed by atoms with Gasteiger partial charge in [-0.1, -0.05) is 29.6 Å². The molecule has 0 spiro atoms. The Bertz CT molecular complexity index is 613. The van der Waals surface area contributed by atoms with Crippen LogP contribution in [0.5, 0.6) is 0 Å². The van der Waals surface area contributed by atoms with E-state index in [-0.39, 0.29) is 11.6 Å². The van der Waals surface area contributed by atoms with Gasteiger partial charge in [-0.3, -0.25) is 4.79 Å². The molecule has 7 heteroatoms. The molecule has 0 aromatic carbocycles. The molecule has 1 aliphatic rings. The molecule has 0 unspecified atom stereocenters. The van der Waals surface area contributed by atoms with Crippen LogP contribution in [-0.4, -0.2) is 27.7 Å². The zero-order valence-corrected chi connectivity index (χ0v) is 12.0. The topological polar surface area (TPSA) is 94.1 Å². The van der Waals surface area contributed by atoms with Crippen molar-refractivity contribution in [1.29, 1.82) is 0 Å². The average molecular weight is 290 g/mol. The Balaban J connectivity index is 1.83. The third-order valence-corrected chi connectivity index (χ3v) is 3.76. The maximum Gasteiger partial charge on any atom is 0.274 e. The zero-order chi connectivity index (χ0) is 14.7. The lowest BCUT2D eigenvalue weighted by atomic mass is 9.89. The molecule has 0 radical (unpaired) electrons. The number of carbonyl (C=O) groups is 1. The summed E-state index contributed by atoms with van der Waals surface area (Å²) in [5, 5.41) is 10.4. The minimum atomic E-state index is -0.301. The van der Waals surface area contributed by atoms with Crippen LogP contribution < -0.4 is 5.32 Å². The maximum atomic E-state index is 11.9. The normalized spacial score (nSPS) is 16.0. The van der Waals surface area contributed by atoms with Gasteiger partial charge in [0.2, 0.25) is 11.7 Å². The van der Waals surface area contributed by atoms with E-state index in [4.69, 9.17) is 9.05 Å². The van der Waals surface area contributed by atoms with E-state index in [1.807, 2.05) is 6.92 Å². The van der Waals surface area contributed by atoms with Crippen LogP contribution in [0.25, 0.3) is 11.4 Å². The van der Waals surface area contributed by atoms with Gasteiger partial charge in [0, 0.05) is 12.5 Å². The van der Waals surface area contributed by atoms with Crippen LogP contribution in [-0.2, 0) is 0 Å². The summed E-state index contributed by atoms with van der Waals surface area (Å²) in [6, 6.07) is 0. The summed E-state index contributed by atoms with van der Waals surface area (Å²) in [6.45, 7) is 2.36. The van der Waals surface area contributed by atoms with E-state index >= 15 is 0 Å². The van der Waals surface area contributed by atoms with E-state index in [2.05, 4.69) is 20.6 Å². The number of carbonyl (C=O) groups excluding carboxylic acids is 1. The minimum absolute atomic E-state index is 0.188. The van der Waals surface area contributed by atoms with Gasteiger partial charge >= 0.3 is 0 Å². The Labute approximate surface area is 122 Å². The van der Waals surface area contributed by atoms with Crippen molar-refractivity contribution in [2.75, 3.05) is 6.54 Å². The molecule has 1 fully saturated rings. The van der Waals surface area contributed by atoms with Gasteiger partial charge < -0.3 is 14.4 Å². The van der Waals surface area contributed by atoms with Crippen molar-refractivity contribution in [3.05, 3.63) is 17.8 Å². The highest BCUT2D eigenvalue weighted by atomic mass is 16.5. The highest BCUT2D eigenvalue weighted by Gasteiger charge is 2.25. The van der Waals surface area contributed by atoms with E-state index in [0.29, 0.717) is 29.7 Å². The lowest BCUT2D eigenvalue weighted by Crippen LogP contribution is -2.23. The van der Waals surface area contributed by atoms with Gasteiger partial charge in [-0.2, -0.15) is 4.98 Å². The molecule has 2 aromatic rings. The molecule has 2 heterocycles. The quantitative estimate of drug-likeness (QED) is 0.929. The number of amides is 1. The second kappa shape index (κ2) is 6.07. The van der Waals surface area contributed by atoms with Crippen LogP contribution in [0.3, 0.4) is 0 Å². The van der Waals surface area contributed by atoms with Crippen molar-refractivity contribution in [3.8, 4) is 11.4 Å². The van der Waals surface area contributed by atoms with Crippen LogP contribution in [0.4, 0.5) is 0 Å². The Morgan fingerprint density at radius 2 is 2.14 bits per heavy atom. The standard InChI is InChI=1S/C14H18N4O3/c1-2-15-13(19)11-10(8-20-17-11)12-16-14(21-18-12)9-6-4-3-5-7-9/h8-9H,2-7H2,1H3,(H,15,19). The smallest absolute Gasteiger partial charge is 0.274 e. The molecule has 1 aliphatic carbocycles.